The summed E-state index contributed by atoms with van der Waals surface area (Å²) >= 11 is 0. The Kier molecular flexibility index (Phi) is 3.58. The van der Waals surface area contributed by atoms with Crippen LogP contribution in [-0.4, -0.2) is 29.8 Å². The fourth-order valence-electron chi connectivity index (χ4n) is 1.74. The van der Waals surface area contributed by atoms with Crippen LogP contribution in [-0.2, 0) is 0 Å². The highest BCUT2D eigenvalue weighted by atomic mass is 16.1. The van der Waals surface area contributed by atoms with Gasteiger partial charge in [0.05, 0.1) is 17.1 Å². The number of benzene rings is 1. The molecule has 0 aliphatic rings. The molecule has 0 saturated carbocycles. The highest BCUT2D eigenvalue weighted by Crippen LogP contribution is 2.19. The molecular formula is C15H13N3O. The van der Waals surface area contributed by atoms with Gasteiger partial charge in [0.1, 0.15) is 0 Å². The fourth-order valence-corrected chi connectivity index (χ4v) is 1.74. The van der Waals surface area contributed by atoms with E-state index in [9.17, 15) is 4.79 Å². The molecule has 0 atom stereocenters. The first kappa shape index (κ1) is 12.8. The first-order valence-electron chi connectivity index (χ1n) is 5.79. The number of carbonyl (C=O) groups excluding carboxylic acids is 1. The van der Waals surface area contributed by atoms with Gasteiger partial charge in [-0.25, -0.2) is 0 Å². The molecule has 0 amide bonds. The summed E-state index contributed by atoms with van der Waals surface area (Å²) in [5.74, 6) is -0.101. The van der Waals surface area contributed by atoms with Gasteiger partial charge in [0.15, 0.2) is 5.78 Å². The van der Waals surface area contributed by atoms with E-state index in [0.29, 0.717) is 22.0 Å². The van der Waals surface area contributed by atoms with Gasteiger partial charge in [-0.2, -0.15) is 5.26 Å². The standard InChI is InChI=1S/C15H13N3O/c1-18(2)8-6-15(19)12-5-7-17-14-4-3-11(10-16)9-13(12)14/h3-9H,1-2H3/b8-6+. The molecule has 0 bridgehead atoms. The molecular weight excluding hydrogens is 238 g/mol. The molecule has 0 spiro atoms. The Labute approximate surface area is 111 Å². The number of nitriles is 1. The molecule has 0 aliphatic carbocycles. The second-order valence-corrected chi connectivity index (χ2v) is 4.35. The van der Waals surface area contributed by atoms with Gasteiger partial charge in [-0.05, 0) is 24.3 Å². The Morgan fingerprint density at radius 2 is 2.16 bits per heavy atom. The van der Waals surface area contributed by atoms with Crippen LogP contribution in [0.1, 0.15) is 15.9 Å². The molecule has 0 unspecified atom stereocenters. The van der Waals surface area contributed by atoms with Gasteiger partial charge in [0, 0.05) is 43.5 Å². The van der Waals surface area contributed by atoms with Crippen molar-refractivity contribution < 1.29 is 4.79 Å². The van der Waals surface area contributed by atoms with E-state index >= 15 is 0 Å². The van der Waals surface area contributed by atoms with Crippen molar-refractivity contribution in [2.45, 2.75) is 0 Å². The summed E-state index contributed by atoms with van der Waals surface area (Å²) in [5.41, 5.74) is 1.79. The molecule has 1 aromatic heterocycles. The molecule has 19 heavy (non-hydrogen) atoms. The number of pyridine rings is 1. The molecule has 1 aromatic carbocycles. The summed E-state index contributed by atoms with van der Waals surface area (Å²) in [5, 5.41) is 9.63. The third-order valence-corrected chi connectivity index (χ3v) is 2.66. The minimum Gasteiger partial charge on any atom is -0.383 e. The fraction of sp³-hybridized carbons (Fsp3) is 0.133. The maximum Gasteiger partial charge on any atom is 0.188 e. The molecule has 0 radical (unpaired) electrons. The lowest BCUT2D eigenvalue weighted by Gasteiger charge is -2.05. The van der Waals surface area contributed by atoms with Crippen LogP contribution in [0.25, 0.3) is 10.9 Å². The van der Waals surface area contributed by atoms with E-state index in [2.05, 4.69) is 11.1 Å². The van der Waals surface area contributed by atoms with Crippen molar-refractivity contribution in [3.05, 3.63) is 53.9 Å². The van der Waals surface area contributed by atoms with Crippen molar-refractivity contribution in [1.82, 2.24) is 9.88 Å². The minimum absolute atomic E-state index is 0.101. The topological polar surface area (TPSA) is 57.0 Å². The van der Waals surface area contributed by atoms with Crippen LogP contribution in [0.15, 0.2) is 42.7 Å². The van der Waals surface area contributed by atoms with Crippen LogP contribution in [0, 0.1) is 11.3 Å². The largest absolute Gasteiger partial charge is 0.383 e. The zero-order valence-corrected chi connectivity index (χ0v) is 10.8. The van der Waals surface area contributed by atoms with E-state index in [0.717, 1.165) is 0 Å². The summed E-state index contributed by atoms with van der Waals surface area (Å²) in [6, 6.07) is 8.88. The molecule has 94 valence electrons. The number of fused-ring (bicyclic) bond motifs is 1. The molecule has 0 N–H and O–H groups in total. The van der Waals surface area contributed by atoms with E-state index in [4.69, 9.17) is 5.26 Å². The summed E-state index contributed by atoms with van der Waals surface area (Å²) < 4.78 is 0. The van der Waals surface area contributed by atoms with Crippen molar-refractivity contribution in [2.24, 2.45) is 0 Å². The SMILES string of the molecule is CN(C)/C=C/C(=O)c1ccnc2ccc(C#N)cc12. The molecule has 2 rings (SSSR count). The second kappa shape index (κ2) is 5.32. The molecule has 0 saturated heterocycles. The van der Waals surface area contributed by atoms with E-state index < -0.39 is 0 Å². The summed E-state index contributed by atoms with van der Waals surface area (Å²) in [4.78, 5) is 18.1. The average molecular weight is 251 g/mol. The summed E-state index contributed by atoms with van der Waals surface area (Å²) in [6.07, 6.45) is 4.81. The lowest BCUT2D eigenvalue weighted by atomic mass is 10.0. The number of nitrogens with zero attached hydrogens (tertiary/aromatic N) is 3. The van der Waals surface area contributed by atoms with Crippen molar-refractivity contribution in [1.29, 1.82) is 5.26 Å². The van der Waals surface area contributed by atoms with Crippen molar-refractivity contribution in [2.75, 3.05) is 14.1 Å². The number of hydrogen-bond acceptors (Lipinski definition) is 4. The Bertz CT molecular complexity index is 696. The predicted octanol–water partition coefficient (Wildman–Crippen LogP) is 2.36. The molecule has 4 heteroatoms. The first-order valence-corrected chi connectivity index (χ1v) is 5.79. The van der Waals surface area contributed by atoms with Crippen LogP contribution >= 0.6 is 0 Å². The number of aromatic nitrogens is 1. The molecule has 0 fully saturated rings. The Morgan fingerprint density at radius 3 is 2.84 bits per heavy atom. The monoisotopic (exact) mass is 251 g/mol. The van der Waals surface area contributed by atoms with Crippen molar-refractivity contribution >= 4 is 16.7 Å². The van der Waals surface area contributed by atoms with Gasteiger partial charge >= 0.3 is 0 Å². The van der Waals surface area contributed by atoms with Gasteiger partial charge in [0.2, 0.25) is 0 Å². The third-order valence-electron chi connectivity index (χ3n) is 2.66. The van der Waals surface area contributed by atoms with Gasteiger partial charge in [0.25, 0.3) is 0 Å². The van der Waals surface area contributed by atoms with Crippen LogP contribution in [0.4, 0.5) is 0 Å². The maximum atomic E-state index is 12.1. The molecule has 0 aliphatic heterocycles. The lowest BCUT2D eigenvalue weighted by molar-refractivity contribution is 0.104. The van der Waals surface area contributed by atoms with Crippen molar-refractivity contribution in [3.63, 3.8) is 0 Å². The smallest absolute Gasteiger partial charge is 0.188 e. The number of ketones is 1. The normalized spacial score (nSPS) is 10.6. The van der Waals surface area contributed by atoms with Crippen LogP contribution < -0.4 is 0 Å². The number of rotatable bonds is 3. The highest BCUT2D eigenvalue weighted by Gasteiger charge is 2.08. The van der Waals surface area contributed by atoms with Gasteiger partial charge in [-0.1, -0.05) is 0 Å². The quantitative estimate of drug-likeness (QED) is 0.620. The Balaban J connectivity index is 2.54. The van der Waals surface area contributed by atoms with E-state index in [1.54, 1.807) is 41.6 Å². The van der Waals surface area contributed by atoms with E-state index in [1.807, 2.05) is 14.1 Å². The third kappa shape index (κ3) is 2.78. The first-order chi connectivity index (χ1) is 9.11. The summed E-state index contributed by atoms with van der Waals surface area (Å²) in [7, 11) is 3.70. The van der Waals surface area contributed by atoms with Gasteiger partial charge in [-0.15, -0.1) is 0 Å². The average Bonchev–Trinajstić information content (AvgIpc) is 2.43. The highest BCUT2D eigenvalue weighted by molar-refractivity contribution is 6.12. The number of carbonyl (C=O) groups is 1. The van der Waals surface area contributed by atoms with Crippen LogP contribution in [0.3, 0.4) is 0 Å². The minimum atomic E-state index is -0.101. The van der Waals surface area contributed by atoms with Crippen LogP contribution in [0.5, 0.6) is 0 Å². The predicted molar refractivity (Wildman–Crippen MR) is 73.6 cm³/mol. The molecule has 1 heterocycles. The number of allylic oxidation sites excluding steroid dienone is 1. The summed E-state index contributed by atoms with van der Waals surface area (Å²) in [6.45, 7) is 0. The maximum absolute atomic E-state index is 12.1. The second-order valence-electron chi connectivity index (χ2n) is 4.35. The zero-order valence-electron chi connectivity index (χ0n) is 10.8. The molecule has 2 aromatic rings. The zero-order chi connectivity index (χ0) is 13.8. The van der Waals surface area contributed by atoms with Gasteiger partial charge in [-0.3, -0.25) is 9.78 Å². The Morgan fingerprint density at radius 1 is 1.37 bits per heavy atom. The number of hydrogen-bond donors (Lipinski definition) is 0. The van der Waals surface area contributed by atoms with Crippen LogP contribution in [0.2, 0.25) is 0 Å². The van der Waals surface area contributed by atoms with E-state index in [-0.39, 0.29) is 5.78 Å². The van der Waals surface area contributed by atoms with E-state index in [1.165, 1.54) is 6.08 Å². The Hall–Kier alpha value is -2.67. The molecule has 4 nitrogen and oxygen atoms in total. The van der Waals surface area contributed by atoms with Crippen molar-refractivity contribution in [3.8, 4) is 6.07 Å². The van der Waals surface area contributed by atoms with Gasteiger partial charge < -0.3 is 4.90 Å². The lowest BCUT2D eigenvalue weighted by Crippen LogP contribution is -2.03.